The summed E-state index contributed by atoms with van der Waals surface area (Å²) in [6.45, 7) is 3.68. The highest BCUT2D eigenvalue weighted by Gasteiger charge is 2.50. The number of nitrogens with two attached hydrogens (primary N) is 1. The summed E-state index contributed by atoms with van der Waals surface area (Å²) in [6, 6.07) is 0. The van der Waals surface area contributed by atoms with Gasteiger partial charge in [0.05, 0.1) is 19.5 Å². The Bertz CT molecular complexity index is 2030. The Kier molecular flexibility index (Phi) is 20.7. The number of phosphoric ester groups is 4. The third kappa shape index (κ3) is 18.8. The molecule has 2 aromatic rings. The van der Waals surface area contributed by atoms with E-state index in [9.17, 15) is 67.2 Å². The van der Waals surface area contributed by atoms with E-state index < -0.39 is 98.3 Å². The van der Waals surface area contributed by atoms with E-state index in [0.29, 0.717) is 12.2 Å². The molecule has 0 bridgehead atoms. The van der Waals surface area contributed by atoms with Gasteiger partial charge in [-0.25, -0.2) is 33.2 Å². The van der Waals surface area contributed by atoms with Crippen molar-refractivity contribution < 1.29 is 104 Å². The first-order valence-corrected chi connectivity index (χ1v) is 24.4. The predicted octanol–water partition coefficient (Wildman–Crippen LogP) is -0.893. The standard InChI is InChI=1S/C24H40N7O17P3S.C3H7O5P/c1-4-15(33)52-8-7-26-14(32)5-6-27-22(36)19(35)24(2,3)10-45-51(42,43)48-50(40,41)44-9-13-18(47-49(37,38)39)17(34)23(46-13)31-12-30-16-20(25)28-11-29-21(16)31;1-2-3(4)8-9(5,6)7/h11-13,17-19,23,34-35H,4-10H2,1-3H3,(H,26,32)(H,27,36)(H,40,41)(H,42,43)(H2,25,28,29)(H2,37,38,39);2H2,1H3,(H2,5,6,7)/t13-,17-,18-,19+,23-;/m1./s1. The number of nitrogens with one attached hydrogen (secondary N) is 2. The average molecular weight is 978 g/mol. The number of aromatic nitrogens is 4. The summed E-state index contributed by atoms with van der Waals surface area (Å²) < 4.78 is 75.4. The summed E-state index contributed by atoms with van der Waals surface area (Å²) in [5, 5.41) is 26.2. The molecule has 2 amide bonds. The van der Waals surface area contributed by atoms with E-state index in [2.05, 4.69) is 38.9 Å². The van der Waals surface area contributed by atoms with Crippen LogP contribution in [-0.4, -0.2) is 138 Å². The number of fused-ring (bicyclic) bond motifs is 1. The van der Waals surface area contributed by atoms with Gasteiger partial charge in [-0.2, -0.15) is 4.31 Å². The second kappa shape index (κ2) is 23.2. The van der Waals surface area contributed by atoms with Gasteiger partial charge in [0.25, 0.3) is 0 Å². The molecule has 348 valence electrons. The molecule has 61 heavy (non-hydrogen) atoms. The molecular formula is C27H47N7O22P4S. The Morgan fingerprint density at radius 1 is 0.951 bits per heavy atom. The molecule has 0 saturated carbocycles. The van der Waals surface area contributed by atoms with Crippen LogP contribution in [0.3, 0.4) is 0 Å². The van der Waals surface area contributed by atoms with Crippen LogP contribution < -0.4 is 16.4 Å². The minimum Gasteiger partial charge on any atom is -0.386 e. The fraction of sp³-hybridized carbons (Fsp3) is 0.667. The van der Waals surface area contributed by atoms with Gasteiger partial charge in [-0.05, 0) is 0 Å². The van der Waals surface area contributed by atoms with E-state index in [0.717, 1.165) is 29.0 Å². The van der Waals surface area contributed by atoms with E-state index in [1.165, 1.54) is 20.8 Å². The van der Waals surface area contributed by atoms with Crippen molar-refractivity contribution in [2.75, 3.05) is 37.8 Å². The highest BCUT2D eigenvalue weighted by Crippen LogP contribution is 2.61. The van der Waals surface area contributed by atoms with Crippen LogP contribution in [-0.2, 0) is 64.6 Å². The summed E-state index contributed by atoms with van der Waals surface area (Å²) in [6.07, 6.45) is -6.55. The molecule has 2 unspecified atom stereocenters. The van der Waals surface area contributed by atoms with Crippen LogP contribution in [0.1, 0.15) is 53.2 Å². The molecule has 29 nitrogen and oxygen atoms in total. The predicted molar refractivity (Wildman–Crippen MR) is 206 cm³/mol. The second-order valence-electron chi connectivity index (χ2n) is 13.0. The smallest absolute Gasteiger partial charge is 0.386 e. The zero-order valence-corrected chi connectivity index (χ0v) is 36.9. The molecule has 7 atom stereocenters. The summed E-state index contributed by atoms with van der Waals surface area (Å²) in [7, 11) is -20.9. The molecule has 12 N–H and O–H groups in total. The van der Waals surface area contributed by atoms with Gasteiger partial charge in [0, 0.05) is 43.5 Å². The topological polar surface area (TPSA) is 447 Å². The molecule has 0 radical (unpaired) electrons. The van der Waals surface area contributed by atoms with Crippen molar-refractivity contribution >= 4 is 82.9 Å². The van der Waals surface area contributed by atoms with Crippen molar-refractivity contribution in [2.24, 2.45) is 5.41 Å². The first kappa shape index (κ1) is 54.3. The number of rotatable bonds is 22. The summed E-state index contributed by atoms with van der Waals surface area (Å²) >= 11 is 1.07. The van der Waals surface area contributed by atoms with Crippen LogP contribution in [0, 0.1) is 5.41 Å². The molecule has 0 aliphatic carbocycles. The second-order valence-corrected chi connectivity index (χ2v) is 19.5. The van der Waals surface area contributed by atoms with Gasteiger partial charge in [0.1, 0.15) is 36.3 Å². The van der Waals surface area contributed by atoms with Crippen LogP contribution in [0.4, 0.5) is 5.82 Å². The van der Waals surface area contributed by atoms with Gasteiger partial charge >= 0.3 is 37.3 Å². The van der Waals surface area contributed by atoms with Crippen molar-refractivity contribution in [3.8, 4) is 0 Å². The number of phosphoric acid groups is 4. The normalized spacial score (nSPS) is 20.7. The monoisotopic (exact) mass is 977 g/mol. The van der Waals surface area contributed by atoms with Crippen molar-refractivity contribution in [3.05, 3.63) is 12.7 Å². The molecular weight excluding hydrogens is 930 g/mol. The van der Waals surface area contributed by atoms with Crippen LogP contribution in [0.15, 0.2) is 12.7 Å². The largest absolute Gasteiger partial charge is 0.526 e. The maximum absolute atomic E-state index is 12.6. The molecule has 1 fully saturated rings. The molecule has 34 heteroatoms. The highest BCUT2D eigenvalue weighted by atomic mass is 32.2. The van der Waals surface area contributed by atoms with Crippen LogP contribution >= 0.6 is 43.1 Å². The fourth-order valence-electron chi connectivity index (χ4n) is 4.59. The van der Waals surface area contributed by atoms with Gasteiger partial charge in [0.2, 0.25) is 11.8 Å². The average Bonchev–Trinajstić information content (AvgIpc) is 3.70. The third-order valence-corrected chi connectivity index (χ3v) is 12.1. The van der Waals surface area contributed by atoms with Gasteiger partial charge in [-0.3, -0.25) is 47.1 Å². The maximum atomic E-state index is 12.6. The first-order valence-electron chi connectivity index (χ1n) is 17.3. The van der Waals surface area contributed by atoms with Crippen molar-refractivity contribution in [1.29, 1.82) is 0 Å². The quantitative estimate of drug-likeness (QED) is 0.0503. The Balaban J connectivity index is 0.00000127. The Morgan fingerprint density at radius 3 is 2.16 bits per heavy atom. The summed E-state index contributed by atoms with van der Waals surface area (Å²) in [4.78, 5) is 113. The number of hydrogen-bond acceptors (Lipinski definition) is 21. The number of anilines is 1. The number of amides is 2. The molecule has 0 aromatic carbocycles. The van der Waals surface area contributed by atoms with Gasteiger partial charge < -0.3 is 55.4 Å². The SMILES string of the molecule is CCC(=O)OP(=O)(O)O.CCC(=O)SCCNC(=O)CCNC(=O)[C@H](O)C(C)(C)COP(=O)(O)OP(=O)(O)OC[C@H]1O[C@@H](n2cnc3c(N)ncnc32)[C@H](O)[C@@H]1OP(=O)(O)O. The van der Waals surface area contributed by atoms with E-state index in [1.807, 2.05) is 0 Å². The van der Waals surface area contributed by atoms with Crippen LogP contribution in [0.25, 0.3) is 11.2 Å². The molecule has 1 saturated heterocycles. The molecule has 3 rings (SSSR count). The van der Waals surface area contributed by atoms with Gasteiger partial charge in [-0.1, -0.05) is 39.5 Å². The van der Waals surface area contributed by atoms with Crippen molar-refractivity contribution in [2.45, 2.75) is 77.6 Å². The Morgan fingerprint density at radius 2 is 1.59 bits per heavy atom. The minimum atomic E-state index is -5.56. The molecule has 0 spiro atoms. The zero-order chi connectivity index (χ0) is 46.6. The summed E-state index contributed by atoms with van der Waals surface area (Å²) in [5.41, 5.74) is 4.26. The molecule has 1 aliphatic heterocycles. The lowest BCUT2D eigenvalue weighted by atomic mass is 9.87. The van der Waals surface area contributed by atoms with E-state index in [4.69, 9.17) is 29.3 Å². The number of ether oxygens (including phenoxy) is 1. The van der Waals surface area contributed by atoms with Crippen LogP contribution in [0.5, 0.6) is 0 Å². The zero-order valence-electron chi connectivity index (χ0n) is 32.6. The van der Waals surface area contributed by atoms with E-state index in [-0.39, 0.29) is 48.0 Å². The number of carbonyl (C=O) groups is 4. The molecule has 3 heterocycles. The summed E-state index contributed by atoms with van der Waals surface area (Å²) in [5.74, 6) is -1.97. The number of hydrogen-bond donors (Lipinski definition) is 11. The molecule has 1 aliphatic rings. The molecule has 2 aromatic heterocycles. The lowest BCUT2D eigenvalue weighted by Crippen LogP contribution is -2.46. The third-order valence-electron chi connectivity index (χ3n) is 7.56. The number of imidazole rings is 1. The van der Waals surface area contributed by atoms with E-state index >= 15 is 0 Å². The van der Waals surface area contributed by atoms with Crippen molar-refractivity contribution in [3.63, 3.8) is 0 Å². The first-order chi connectivity index (χ1) is 28.0. The lowest BCUT2D eigenvalue weighted by Gasteiger charge is -2.30. The van der Waals surface area contributed by atoms with Gasteiger partial charge in [0.15, 0.2) is 22.8 Å². The number of nitrogens with zero attached hydrogens (tertiary/aromatic N) is 4. The number of aliphatic hydroxyl groups is 2. The lowest BCUT2D eigenvalue weighted by molar-refractivity contribution is -0.137. The number of carbonyl (C=O) groups excluding carboxylic acids is 4. The minimum absolute atomic E-state index is 0.0221. The van der Waals surface area contributed by atoms with Crippen molar-refractivity contribution in [1.82, 2.24) is 30.2 Å². The number of thioether (sulfide) groups is 1. The van der Waals surface area contributed by atoms with E-state index in [1.54, 1.807) is 6.92 Å². The Hall–Kier alpha value is -2.82. The van der Waals surface area contributed by atoms with Crippen LogP contribution in [0.2, 0.25) is 0 Å². The number of nitrogen functional groups attached to an aromatic ring is 1. The highest BCUT2D eigenvalue weighted by molar-refractivity contribution is 8.13. The Labute approximate surface area is 350 Å². The maximum Gasteiger partial charge on any atom is 0.526 e. The number of aliphatic hydroxyl groups excluding tert-OH is 2. The van der Waals surface area contributed by atoms with Gasteiger partial charge in [-0.15, -0.1) is 0 Å². The fourth-order valence-corrected chi connectivity index (χ4v) is 8.45.